The van der Waals surface area contributed by atoms with Crippen LogP contribution in [-0.4, -0.2) is 31.9 Å². The second kappa shape index (κ2) is 7.67. The van der Waals surface area contributed by atoms with Crippen molar-refractivity contribution in [3.8, 4) is 11.1 Å². The van der Waals surface area contributed by atoms with Crippen molar-refractivity contribution in [3.63, 3.8) is 0 Å². The minimum absolute atomic E-state index is 0.137. The van der Waals surface area contributed by atoms with Crippen molar-refractivity contribution >= 4 is 23.5 Å². The first-order valence-electron chi connectivity index (χ1n) is 9.30. The lowest BCUT2D eigenvalue weighted by molar-refractivity contribution is 0.0732. The van der Waals surface area contributed by atoms with E-state index in [-0.39, 0.29) is 23.5 Å². The maximum Gasteiger partial charge on any atom is 0.255 e. The number of nitrogens with zero attached hydrogens (tertiary/aromatic N) is 4. The zero-order chi connectivity index (χ0) is 20.5. The minimum atomic E-state index is -0.226. The van der Waals surface area contributed by atoms with Gasteiger partial charge in [-0.1, -0.05) is 23.7 Å². The van der Waals surface area contributed by atoms with Crippen molar-refractivity contribution in [2.24, 2.45) is 7.05 Å². The number of rotatable bonds is 3. The molecule has 0 aliphatic carbocycles. The molecule has 8 heteroatoms. The number of aromatic nitrogens is 3. The van der Waals surface area contributed by atoms with E-state index in [9.17, 15) is 9.59 Å². The number of pyridine rings is 1. The number of nitrogens with two attached hydrogens (primary N) is 1. The summed E-state index contributed by atoms with van der Waals surface area (Å²) in [6.45, 7) is 0.607. The molecule has 1 amide bonds. The number of likely N-dealkylation sites (tertiary alicyclic amines) is 1. The van der Waals surface area contributed by atoms with E-state index in [4.69, 9.17) is 17.3 Å². The van der Waals surface area contributed by atoms with E-state index in [0.717, 1.165) is 29.7 Å². The second-order valence-electron chi connectivity index (χ2n) is 7.06. The summed E-state index contributed by atoms with van der Waals surface area (Å²) < 4.78 is 1.40. The van der Waals surface area contributed by atoms with Gasteiger partial charge in [-0.2, -0.15) is 0 Å². The van der Waals surface area contributed by atoms with E-state index in [1.807, 2.05) is 12.1 Å². The van der Waals surface area contributed by atoms with Crippen LogP contribution in [0.5, 0.6) is 0 Å². The van der Waals surface area contributed by atoms with E-state index < -0.39 is 0 Å². The third-order valence-electron chi connectivity index (χ3n) is 5.15. The SMILES string of the molecule is Cn1cc(C(=O)N2CCC[C@@H]2c2nc(N)ncc2-c2ccc(Cl)cc2)ccc1=O. The van der Waals surface area contributed by atoms with E-state index in [2.05, 4.69) is 9.97 Å². The Kier molecular flexibility index (Phi) is 5.07. The molecule has 3 heterocycles. The number of amides is 1. The summed E-state index contributed by atoms with van der Waals surface area (Å²) in [5, 5.41) is 0.638. The summed E-state index contributed by atoms with van der Waals surface area (Å²) in [4.78, 5) is 35.3. The fourth-order valence-electron chi connectivity index (χ4n) is 3.70. The second-order valence-corrected chi connectivity index (χ2v) is 7.49. The zero-order valence-corrected chi connectivity index (χ0v) is 16.6. The van der Waals surface area contributed by atoms with Crippen molar-refractivity contribution in [1.29, 1.82) is 0 Å². The molecule has 3 aromatic rings. The Morgan fingerprint density at radius 3 is 2.69 bits per heavy atom. The average Bonchev–Trinajstić information content (AvgIpc) is 3.20. The summed E-state index contributed by atoms with van der Waals surface area (Å²) in [5.74, 6) is 0.0291. The van der Waals surface area contributed by atoms with Crippen LogP contribution in [0, 0.1) is 0 Å². The molecule has 0 spiro atoms. The van der Waals surface area contributed by atoms with Crippen LogP contribution in [0.1, 0.15) is 34.9 Å². The molecule has 0 bridgehead atoms. The number of aryl methyl sites for hydroxylation is 1. The summed E-state index contributed by atoms with van der Waals surface area (Å²) in [6.07, 6.45) is 4.88. The fraction of sp³-hybridized carbons (Fsp3) is 0.238. The lowest BCUT2D eigenvalue weighted by atomic mass is 9.99. The number of hydrogen-bond donors (Lipinski definition) is 1. The third-order valence-corrected chi connectivity index (χ3v) is 5.41. The highest BCUT2D eigenvalue weighted by Gasteiger charge is 2.33. The van der Waals surface area contributed by atoms with Crippen LogP contribution < -0.4 is 11.3 Å². The largest absolute Gasteiger partial charge is 0.368 e. The molecule has 1 atom stereocenters. The third kappa shape index (κ3) is 3.73. The van der Waals surface area contributed by atoms with Gasteiger partial charge in [0.2, 0.25) is 11.5 Å². The van der Waals surface area contributed by atoms with Crippen molar-refractivity contribution in [1.82, 2.24) is 19.4 Å². The highest BCUT2D eigenvalue weighted by molar-refractivity contribution is 6.30. The van der Waals surface area contributed by atoms with Crippen LogP contribution in [0.3, 0.4) is 0 Å². The molecule has 0 saturated carbocycles. The van der Waals surface area contributed by atoms with Gasteiger partial charge in [0, 0.05) is 42.6 Å². The first-order valence-corrected chi connectivity index (χ1v) is 9.68. The molecule has 4 rings (SSSR count). The summed E-state index contributed by atoms with van der Waals surface area (Å²) in [5.41, 5.74) is 8.64. The van der Waals surface area contributed by atoms with Crippen molar-refractivity contribution in [3.05, 3.63) is 75.4 Å². The van der Waals surface area contributed by atoms with Gasteiger partial charge in [0.05, 0.1) is 17.3 Å². The van der Waals surface area contributed by atoms with E-state index in [1.54, 1.807) is 42.5 Å². The van der Waals surface area contributed by atoms with Crippen molar-refractivity contribution in [2.45, 2.75) is 18.9 Å². The van der Waals surface area contributed by atoms with Crippen LogP contribution in [-0.2, 0) is 7.05 Å². The van der Waals surface area contributed by atoms with Crippen LogP contribution in [0.2, 0.25) is 5.02 Å². The number of halogens is 1. The van der Waals surface area contributed by atoms with Gasteiger partial charge in [-0.3, -0.25) is 9.59 Å². The number of hydrogen-bond acceptors (Lipinski definition) is 5. The van der Waals surface area contributed by atoms with Crippen LogP contribution in [0.25, 0.3) is 11.1 Å². The number of carbonyl (C=O) groups is 1. The van der Waals surface area contributed by atoms with Gasteiger partial charge in [0.15, 0.2) is 0 Å². The maximum absolute atomic E-state index is 13.2. The molecule has 1 fully saturated rings. The van der Waals surface area contributed by atoms with Gasteiger partial charge in [0.25, 0.3) is 5.91 Å². The minimum Gasteiger partial charge on any atom is -0.368 e. The molecule has 0 unspecified atom stereocenters. The molecule has 2 aromatic heterocycles. The molecule has 1 aliphatic rings. The molecular formula is C21H20ClN5O2. The Balaban J connectivity index is 1.74. The van der Waals surface area contributed by atoms with Gasteiger partial charge >= 0.3 is 0 Å². The van der Waals surface area contributed by atoms with Crippen molar-refractivity contribution < 1.29 is 4.79 Å². The predicted octanol–water partition coefficient (Wildman–Crippen LogP) is 3.06. The van der Waals surface area contributed by atoms with Crippen LogP contribution >= 0.6 is 11.6 Å². The smallest absolute Gasteiger partial charge is 0.255 e. The Morgan fingerprint density at radius 1 is 1.21 bits per heavy atom. The number of benzene rings is 1. The van der Waals surface area contributed by atoms with E-state index in [1.165, 1.54) is 10.6 Å². The highest BCUT2D eigenvalue weighted by atomic mass is 35.5. The molecular weight excluding hydrogens is 390 g/mol. The molecule has 1 aromatic carbocycles. The average molecular weight is 410 g/mol. The number of anilines is 1. The molecule has 2 N–H and O–H groups in total. The first kappa shape index (κ1) is 19.1. The fourth-order valence-corrected chi connectivity index (χ4v) is 3.82. The van der Waals surface area contributed by atoms with Gasteiger partial charge in [-0.25, -0.2) is 9.97 Å². The normalized spacial score (nSPS) is 16.2. The van der Waals surface area contributed by atoms with Gasteiger partial charge < -0.3 is 15.2 Å². The predicted molar refractivity (Wildman–Crippen MR) is 112 cm³/mol. The Morgan fingerprint density at radius 2 is 1.97 bits per heavy atom. The first-order chi connectivity index (χ1) is 13.9. The Hall–Kier alpha value is -3.19. The van der Waals surface area contributed by atoms with Gasteiger partial charge in [-0.15, -0.1) is 0 Å². The Bertz CT molecular complexity index is 1130. The summed E-state index contributed by atoms with van der Waals surface area (Å²) in [6, 6.07) is 10.1. The summed E-state index contributed by atoms with van der Waals surface area (Å²) in [7, 11) is 1.63. The molecule has 7 nitrogen and oxygen atoms in total. The van der Waals surface area contributed by atoms with Crippen LogP contribution in [0.4, 0.5) is 5.95 Å². The lowest BCUT2D eigenvalue weighted by Gasteiger charge is -2.26. The molecule has 148 valence electrons. The molecule has 1 aliphatic heterocycles. The number of carbonyl (C=O) groups excluding carboxylic acids is 1. The van der Waals surface area contributed by atoms with Crippen molar-refractivity contribution in [2.75, 3.05) is 12.3 Å². The number of nitrogen functional groups attached to an aromatic ring is 1. The lowest BCUT2D eigenvalue weighted by Crippen LogP contribution is -2.32. The van der Waals surface area contributed by atoms with Gasteiger partial charge in [-0.05, 0) is 36.6 Å². The molecule has 29 heavy (non-hydrogen) atoms. The maximum atomic E-state index is 13.2. The van der Waals surface area contributed by atoms with Gasteiger partial charge in [0.1, 0.15) is 0 Å². The van der Waals surface area contributed by atoms with E-state index >= 15 is 0 Å². The van der Waals surface area contributed by atoms with E-state index in [0.29, 0.717) is 17.1 Å². The monoisotopic (exact) mass is 409 g/mol. The quantitative estimate of drug-likeness (QED) is 0.717. The standard InChI is InChI=1S/C21H20ClN5O2/c1-26-12-14(6-9-18(26)28)20(29)27-10-2-3-17(27)19-16(11-24-21(23)25-19)13-4-7-15(22)8-5-13/h4-9,11-12,17H,2-3,10H2,1H3,(H2,23,24,25)/t17-/m1/s1. The summed E-state index contributed by atoms with van der Waals surface area (Å²) >= 11 is 6.02. The molecule has 1 saturated heterocycles. The molecule has 0 radical (unpaired) electrons. The van der Waals surface area contributed by atoms with Crippen LogP contribution in [0.15, 0.2) is 53.6 Å². The zero-order valence-electron chi connectivity index (χ0n) is 15.9. The topological polar surface area (TPSA) is 94.1 Å². The Labute approximate surface area is 172 Å². The highest BCUT2D eigenvalue weighted by Crippen LogP contribution is 2.37.